The van der Waals surface area contributed by atoms with E-state index in [0.29, 0.717) is 40.0 Å². The molecule has 0 spiro atoms. The van der Waals surface area contributed by atoms with Gasteiger partial charge in [-0.2, -0.15) is 13.2 Å². The summed E-state index contributed by atoms with van der Waals surface area (Å²) < 4.78 is 39.0. The number of hydrogen-bond acceptors (Lipinski definition) is 7. The van der Waals surface area contributed by atoms with E-state index < -0.39 is 17.8 Å². The van der Waals surface area contributed by atoms with Crippen molar-refractivity contribution in [1.29, 1.82) is 5.41 Å². The molecule has 0 aliphatic rings. The lowest BCUT2D eigenvalue weighted by atomic mass is 10.1. The Labute approximate surface area is 186 Å². The first-order valence-electron chi connectivity index (χ1n) is 9.66. The van der Waals surface area contributed by atoms with Gasteiger partial charge in [-0.05, 0) is 55.3 Å². The van der Waals surface area contributed by atoms with Crippen LogP contribution >= 0.6 is 0 Å². The molecule has 1 amide bonds. The fourth-order valence-electron chi connectivity index (χ4n) is 3.05. The van der Waals surface area contributed by atoms with Crippen LogP contribution < -0.4 is 10.6 Å². The normalized spacial score (nSPS) is 11.8. The number of aryl methyl sites for hydroxylation is 2. The van der Waals surface area contributed by atoms with E-state index in [-0.39, 0.29) is 17.8 Å². The molecular formula is C22H19F3N6O2. The van der Waals surface area contributed by atoms with Crippen LogP contribution in [0, 0.1) is 19.3 Å². The second-order valence-electron chi connectivity index (χ2n) is 7.03. The molecule has 33 heavy (non-hydrogen) atoms. The van der Waals surface area contributed by atoms with Gasteiger partial charge in [-0.1, -0.05) is 0 Å². The zero-order chi connectivity index (χ0) is 24.2. The van der Waals surface area contributed by atoms with Crippen molar-refractivity contribution in [3.05, 3.63) is 59.1 Å². The molecule has 0 aliphatic heterocycles. The third-order valence-electron chi connectivity index (χ3n) is 4.63. The van der Waals surface area contributed by atoms with Crippen LogP contribution in [0.2, 0.25) is 0 Å². The fraction of sp³-hybridized carbons (Fsp3) is 0.182. The average molecular weight is 456 g/mol. The number of allylic oxidation sites excluding steroid dienone is 1. The smallest absolute Gasteiger partial charge is 0.374 e. The number of rotatable bonds is 7. The number of pyridine rings is 1. The quantitative estimate of drug-likeness (QED) is 0.284. The molecule has 0 aliphatic carbocycles. The zero-order valence-electron chi connectivity index (χ0n) is 17.6. The number of benzene rings is 1. The number of fused-ring (bicyclic) bond motifs is 1. The minimum Gasteiger partial charge on any atom is -0.374 e. The van der Waals surface area contributed by atoms with Gasteiger partial charge in [0.25, 0.3) is 5.91 Å². The molecule has 2 heterocycles. The Bertz CT molecular complexity index is 1270. The molecule has 3 rings (SSSR count). The summed E-state index contributed by atoms with van der Waals surface area (Å²) in [5.41, 5.74) is 1.49. The van der Waals surface area contributed by atoms with Crippen molar-refractivity contribution in [2.45, 2.75) is 20.0 Å². The summed E-state index contributed by atoms with van der Waals surface area (Å²) in [6.45, 7) is 3.20. The minimum atomic E-state index is -4.56. The summed E-state index contributed by atoms with van der Waals surface area (Å²) in [6, 6.07) is 5.97. The molecule has 170 valence electrons. The molecule has 0 saturated carbocycles. The number of aromatic nitrogens is 3. The predicted octanol–water partition coefficient (Wildman–Crippen LogP) is 3.59. The SMILES string of the molecule is Cc1cc(-c2ncc3nc(C(F)(F)F)cc(C)c3n2)ccc1NC(=O)/C(=C/C=N)NCC=O. The first kappa shape index (κ1) is 23.5. The average Bonchev–Trinajstić information content (AvgIpc) is 2.77. The van der Waals surface area contributed by atoms with Crippen LogP contribution in [0.1, 0.15) is 16.8 Å². The van der Waals surface area contributed by atoms with Crippen molar-refractivity contribution in [2.24, 2.45) is 0 Å². The molecule has 0 radical (unpaired) electrons. The van der Waals surface area contributed by atoms with Crippen molar-refractivity contribution in [2.75, 3.05) is 11.9 Å². The van der Waals surface area contributed by atoms with Gasteiger partial charge in [0.2, 0.25) is 0 Å². The Morgan fingerprint density at radius 2 is 1.91 bits per heavy atom. The third-order valence-corrected chi connectivity index (χ3v) is 4.63. The summed E-state index contributed by atoms with van der Waals surface area (Å²) in [4.78, 5) is 35.1. The number of nitrogens with one attached hydrogen (secondary N) is 3. The highest BCUT2D eigenvalue weighted by atomic mass is 19.4. The van der Waals surface area contributed by atoms with E-state index in [9.17, 15) is 22.8 Å². The summed E-state index contributed by atoms with van der Waals surface area (Å²) in [5.74, 6) is -0.231. The largest absolute Gasteiger partial charge is 0.433 e. The first-order valence-corrected chi connectivity index (χ1v) is 9.66. The lowest BCUT2D eigenvalue weighted by Gasteiger charge is -2.13. The van der Waals surface area contributed by atoms with Gasteiger partial charge in [0.1, 0.15) is 23.2 Å². The maximum Gasteiger partial charge on any atom is 0.433 e. The van der Waals surface area contributed by atoms with Crippen LogP contribution in [-0.2, 0) is 15.8 Å². The maximum atomic E-state index is 13.0. The third kappa shape index (κ3) is 5.37. The number of anilines is 1. The Hall–Kier alpha value is -4.15. The van der Waals surface area contributed by atoms with Crippen LogP contribution in [0.15, 0.2) is 42.2 Å². The number of halogens is 3. The number of aldehydes is 1. The van der Waals surface area contributed by atoms with Crippen molar-refractivity contribution in [3.63, 3.8) is 0 Å². The number of nitrogens with zero attached hydrogens (tertiary/aromatic N) is 3. The van der Waals surface area contributed by atoms with Gasteiger partial charge in [-0.25, -0.2) is 15.0 Å². The second kappa shape index (κ2) is 9.55. The van der Waals surface area contributed by atoms with Crippen molar-refractivity contribution < 1.29 is 22.8 Å². The van der Waals surface area contributed by atoms with E-state index >= 15 is 0 Å². The maximum absolute atomic E-state index is 13.0. The molecule has 0 bridgehead atoms. The Balaban J connectivity index is 1.89. The van der Waals surface area contributed by atoms with Crippen LogP contribution in [0.3, 0.4) is 0 Å². The van der Waals surface area contributed by atoms with Gasteiger partial charge in [-0.3, -0.25) is 4.79 Å². The molecule has 11 heteroatoms. The number of carbonyl (C=O) groups is 2. The number of carbonyl (C=O) groups excluding carboxylic acids is 2. The molecular weight excluding hydrogens is 437 g/mol. The molecule has 3 aromatic rings. The minimum absolute atomic E-state index is 0.0417. The van der Waals surface area contributed by atoms with E-state index in [1.165, 1.54) is 19.2 Å². The van der Waals surface area contributed by atoms with Gasteiger partial charge in [0.05, 0.1) is 18.3 Å². The zero-order valence-corrected chi connectivity index (χ0v) is 17.6. The van der Waals surface area contributed by atoms with Crippen LogP contribution in [-0.4, -0.2) is 39.9 Å². The predicted molar refractivity (Wildman–Crippen MR) is 117 cm³/mol. The molecule has 0 unspecified atom stereocenters. The fourth-order valence-corrected chi connectivity index (χ4v) is 3.05. The standard InChI is InChI=1S/C22H19F3N6O2/c1-12-9-14(3-4-15(12)30-21(33)16(5-6-26)27-7-8-32)20-28-11-17-19(31-20)13(2)10-18(29-17)22(23,24)25/h3-6,8-11,26-27H,7H2,1-2H3,(H,30,33)/b16-5-,26-6?. The summed E-state index contributed by atoms with van der Waals surface area (Å²) in [7, 11) is 0. The summed E-state index contributed by atoms with van der Waals surface area (Å²) in [6.07, 6.45) is -0.570. The highest BCUT2D eigenvalue weighted by Gasteiger charge is 2.33. The Morgan fingerprint density at radius 1 is 1.15 bits per heavy atom. The Kier molecular flexibility index (Phi) is 6.80. The first-order chi connectivity index (χ1) is 15.6. The van der Waals surface area contributed by atoms with Crippen LogP contribution in [0.4, 0.5) is 18.9 Å². The van der Waals surface area contributed by atoms with Gasteiger partial charge in [0, 0.05) is 17.5 Å². The highest BCUT2D eigenvalue weighted by Crippen LogP contribution is 2.31. The molecule has 0 atom stereocenters. The summed E-state index contributed by atoms with van der Waals surface area (Å²) >= 11 is 0. The molecule has 3 N–H and O–H groups in total. The van der Waals surface area contributed by atoms with E-state index in [0.717, 1.165) is 12.3 Å². The lowest BCUT2D eigenvalue weighted by Crippen LogP contribution is -2.27. The van der Waals surface area contributed by atoms with Crippen molar-refractivity contribution >= 4 is 35.1 Å². The molecule has 0 fully saturated rings. The van der Waals surface area contributed by atoms with Crippen molar-refractivity contribution in [1.82, 2.24) is 20.3 Å². The number of amides is 1. The van der Waals surface area contributed by atoms with Crippen LogP contribution in [0.25, 0.3) is 22.4 Å². The Morgan fingerprint density at radius 3 is 2.55 bits per heavy atom. The van der Waals surface area contributed by atoms with Gasteiger partial charge >= 0.3 is 6.18 Å². The van der Waals surface area contributed by atoms with Gasteiger partial charge < -0.3 is 20.8 Å². The number of alkyl halides is 3. The monoisotopic (exact) mass is 456 g/mol. The molecule has 8 nitrogen and oxygen atoms in total. The van der Waals surface area contributed by atoms with Crippen molar-refractivity contribution in [3.8, 4) is 11.4 Å². The van der Waals surface area contributed by atoms with E-state index in [1.807, 2.05) is 0 Å². The number of hydrogen-bond donors (Lipinski definition) is 3. The molecule has 2 aromatic heterocycles. The topological polar surface area (TPSA) is 121 Å². The highest BCUT2D eigenvalue weighted by molar-refractivity contribution is 6.05. The van der Waals surface area contributed by atoms with E-state index in [1.54, 1.807) is 25.1 Å². The van der Waals surface area contributed by atoms with E-state index in [2.05, 4.69) is 25.6 Å². The lowest BCUT2D eigenvalue weighted by molar-refractivity contribution is -0.141. The molecule has 0 saturated heterocycles. The van der Waals surface area contributed by atoms with Gasteiger partial charge in [-0.15, -0.1) is 0 Å². The second-order valence-corrected chi connectivity index (χ2v) is 7.03. The van der Waals surface area contributed by atoms with E-state index in [4.69, 9.17) is 5.41 Å². The molecule has 1 aromatic carbocycles. The van der Waals surface area contributed by atoms with Crippen LogP contribution in [0.5, 0.6) is 0 Å². The summed E-state index contributed by atoms with van der Waals surface area (Å²) in [5, 5.41) is 12.4. The van der Waals surface area contributed by atoms with Gasteiger partial charge in [0.15, 0.2) is 5.82 Å².